The van der Waals surface area contributed by atoms with E-state index in [4.69, 9.17) is 10.5 Å². The van der Waals surface area contributed by atoms with Crippen molar-refractivity contribution in [1.29, 1.82) is 5.26 Å². The van der Waals surface area contributed by atoms with Gasteiger partial charge in [-0.25, -0.2) is 4.98 Å². The summed E-state index contributed by atoms with van der Waals surface area (Å²) in [6.45, 7) is 0. The number of nitriles is 1. The topological polar surface area (TPSA) is 81.6 Å². The fourth-order valence-electron chi connectivity index (χ4n) is 0.557. The molecule has 0 aromatic carbocycles. The lowest BCUT2D eigenvalue weighted by Gasteiger charge is -1.87. The van der Waals surface area contributed by atoms with E-state index in [1.807, 2.05) is 6.07 Å². The summed E-state index contributed by atoms with van der Waals surface area (Å²) in [5.74, 6) is 0.270. The highest BCUT2D eigenvalue weighted by molar-refractivity contribution is 5.33. The third-order valence-corrected chi connectivity index (χ3v) is 1.02. The van der Waals surface area contributed by atoms with Gasteiger partial charge in [0.15, 0.2) is 5.82 Å². The zero-order valence-corrected chi connectivity index (χ0v) is 5.47. The molecule has 0 bridgehead atoms. The first-order valence-electron chi connectivity index (χ1n) is 2.78. The van der Waals surface area contributed by atoms with Gasteiger partial charge < -0.3 is 5.21 Å². The van der Waals surface area contributed by atoms with Crippen molar-refractivity contribution in [3.05, 3.63) is 23.9 Å². The Bertz CT molecular complexity index is 297. The molecule has 1 rings (SSSR count). The third kappa shape index (κ3) is 1.72. The minimum atomic E-state index is 0.270. The monoisotopic (exact) mass is 148 g/mol. The summed E-state index contributed by atoms with van der Waals surface area (Å²) in [7, 11) is 0. The molecule has 5 nitrogen and oxygen atoms in total. The maximum atomic E-state index is 8.36. The van der Waals surface area contributed by atoms with Crippen molar-refractivity contribution < 1.29 is 5.21 Å². The molecule has 11 heavy (non-hydrogen) atoms. The molecular weight excluding hydrogens is 144 g/mol. The van der Waals surface area contributed by atoms with Crippen molar-refractivity contribution in [1.82, 2.24) is 4.98 Å². The number of hydrogen-bond acceptors (Lipinski definition) is 4. The second-order valence-electron chi connectivity index (χ2n) is 1.71. The molecule has 0 unspecified atom stereocenters. The van der Waals surface area contributed by atoms with E-state index in [0.717, 1.165) is 0 Å². The van der Waals surface area contributed by atoms with E-state index in [9.17, 15) is 0 Å². The predicted octanol–water partition coefficient (Wildman–Crippen LogP) is 1.43. The van der Waals surface area contributed by atoms with E-state index in [2.05, 4.69) is 15.4 Å². The Hall–Kier alpha value is -1.96. The lowest BCUT2D eigenvalue weighted by molar-refractivity contribution is 0.288. The standard InChI is InChI=1S/C6H4N4O/c7-3-5-1-2-6(8-4-5)9-10-11/h1-2,4H,(H,8,9,11). The average Bonchev–Trinajstić information content (AvgIpc) is 2.07. The van der Waals surface area contributed by atoms with Gasteiger partial charge in [-0.15, -0.1) is 0 Å². The van der Waals surface area contributed by atoms with Crippen LogP contribution in [-0.2, 0) is 0 Å². The van der Waals surface area contributed by atoms with E-state index < -0.39 is 0 Å². The molecule has 1 aromatic rings. The molecule has 0 aliphatic heterocycles. The predicted molar refractivity (Wildman–Crippen MR) is 35.3 cm³/mol. The zero-order chi connectivity index (χ0) is 8.10. The Balaban J connectivity index is 2.94. The van der Waals surface area contributed by atoms with Gasteiger partial charge in [0.2, 0.25) is 0 Å². The first kappa shape index (κ1) is 7.15. The molecule has 0 spiro atoms. The molecule has 0 saturated heterocycles. The van der Waals surface area contributed by atoms with Gasteiger partial charge in [-0.3, -0.25) is 0 Å². The molecule has 0 amide bonds. The highest BCUT2D eigenvalue weighted by Gasteiger charge is 1.91. The Morgan fingerprint density at radius 2 is 2.36 bits per heavy atom. The van der Waals surface area contributed by atoms with Gasteiger partial charge in [-0.2, -0.15) is 5.26 Å². The Morgan fingerprint density at radius 3 is 2.82 bits per heavy atom. The maximum Gasteiger partial charge on any atom is 0.177 e. The second-order valence-corrected chi connectivity index (χ2v) is 1.71. The van der Waals surface area contributed by atoms with Gasteiger partial charge in [0.05, 0.1) is 5.56 Å². The van der Waals surface area contributed by atoms with Gasteiger partial charge in [0, 0.05) is 11.5 Å². The normalized spacial score (nSPS) is 9.73. The van der Waals surface area contributed by atoms with Gasteiger partial charge >= 0.3 is 0 Å². The van der Waals surface area contributed by atoms with E-state index in [1.165, 1.54) is 18.3 Å². The summed E-state index contributed by atoms with van der Waals surface area (Å²) in [4.78, 5) is 3.70. The van der Waals surface area contributed by atoms with Crippen LogP contribution >= 0.6 is 0 Å². The summed E-state index contributed by atoms with van der Waals surface area (Å²) in [6, 6.07) is 4.92. The van der Waals surface area contributed by atoms with E-state index >= 15 is 0 Å². The van der Waals surface area contributed by atoms with E-state index in [1.54, 1.807) is 0 Å². The van der Waals surface area contributed by atoms with Crippen molar-refractivity contribution in [3.8, 4) is 6.07 Å². The zero-order valence-electron chi connectivity index (χ0n) is 5.47. The number of pyridine rings is 1. The molecule has 1 N–H and O–H groups in total. The Labute approximate surface area is 62.6 Å². The van der Waals surface area contributed by atoms with Crippen LogP contribution in [0.15, 0.2) is 28.7 Å². The number of aromatic nitrogens is 1. The molecule has 0 saturated carbocycles. The molecule has 0 aliphatic rings. The fourth-order valence-corrected chi connectivity index (χ4v) is 0.557. The van der Waals surface area contributed by atoms with Crippen molar-refractivity contribution in [2.45, 2.75) is 0 Å². The second kappa shape index (κ2) is 3.27. The van der Waals surface area contributed by atoms with Crippen molar-refractivity contribution in [2.24, 2.45) is 10.4 Å². The van der Waals surface area contributed by atoms with Gasteiger partial charge in [0.25, 0.3) is 0 Å². The van der Waals surface area contributed by atoms with Crippen LogP contribution in [0, 0.1) is 11.3 Å². The molecule has 0 radical (unpaired) electrons. The molecule has 0 fully saturated rings. The van der Waals surface area contributed by atoms with Gasteiger partial charge in [-0.05, 0) is 12.1 Å². The molecule has 1 heterocycles. The van der Waals surface area contributed by atoms with Crippen LogP contribution in [0.5, 0.6) is 0 Å². The molecule has 0 aliphatic carbocycles. The number of rotatable bonds is 1. The van der Waals surface area contributed by atoms with E-state index in [-0.39, 0.29) is 5.82 Å². The number of hydrogen-bond donors (Lipinski definition) is 1. The summed E-state index contributed by atoms with van der Waals surface area (Å²) in [6.07, 6.45) is 1.35. The van der Waals surface area contributed by atoms with Crippen molar-refractivity contribution in [2.75, 3.05) is 0 Å². The first-order chi connectivity index (χ1) is 5.36. The fraction of sp³-hybridized carbons (Fsp3) is 0. The van der Waals surface area contributed by atoms with Crippen LogP contribution < -0.4 is 0 Å². The Morgan fingerprint density at radius 1 is 1.55 bits per heavy atom. The molecule has 1 aromatic heterocycles. The van der Waals surface area contributed by atoms with Crippen molar-refractivity contribution in [3.63, 3.8) is 0 Å². The van der Waals surface area contributed by atoms with Crippen molar-refractivity contribution >= 4 is 5.82 Å². The molecular formula is C6H4N4O. The largest absolute Gasteiger partial charge is 0.394 e. The minimum Gasteiger partial charge on any atom is -0.394 e. The van der Waals surface area contributed by atoms with Crippen LogP contribution in [-0.4, -0.2) is 10.2 Å². The SMILES string of the molecule is N#Cc1ccc(N=NO)nc1. The van der Waals surface area contributed by atoms with Crippen LogP contribution in [0.2, 0.25) is 0 Å². The molecule has 54 valence electrons. The van der Waals surface area contributed by atoms with Gasteiger partial charge in [-0.1, -0.05) is 5.11 Å². The minimum absolute atomic E-state index is 0.270. The Kier molecular flexibility index (Phi) is 2.13. The lowest BCUT2D eigenvalue weighted by atomic mass is 10.3. The van der Waals surface area contributed by atoms with Crippen LogP contribution in [0.3, 0.4) is 0 Å². The summed E-state index contributed by atoms with van der Waals surface area (Å²) in [5.41, 5.74) is 0.446. The summed E-state index contributed by atoms with van der Waals surface area (Å²) >= 11 is 0. The highest BCUT2D eigenvalue weighted by atomic mass is 16.5. The van der Waals surface area contributed by atoms with Gasteiger partial charge in [0.1, 0.15) is 6.07 Å². The quantitative estimate of drug-likeness (QED) is 0.483. The van der Waals surface area contributed by atoms with Crippen LogP contribution in [0.25, 0.3) is 0 Å². The summed E-state index contributed by atoms with van der Waals surface area (Å²) in [5, 5.41) is 22.1. The number of nitrogens with zero attached hydrogens (tertiary/aromatic N) is 4. The summed E-state index contributed by atoms with van der Waals surface area (Å²) < 4.78 is 0. The third-order valence-electron chi connectivity index (χ3n) is 1.02. The van der Waals surface area contributed by atoms with Crippen LogP contribution in [0.1, 0.15) is 5.56 Å². The highest BCUT2D eigenvalue weighted by Crippen LogP contribution is 2.07. The lowest BCUT2D eigenvalue weighted by Crippen LogP contribution is -1.76. The molecule has 5 heteroatoms. The first-order valence-corrected chi connectivity index (χ1v) is 2.78. The van der Waals surface area contributed by atoms with Crippen LogP contribution in [0.4, 0.5) is 5.82 Å². The van der Waals surface area contributed by atoms with E-state index in [0.29, 0.717) is 5.56 Å². The molecule has 0 atom stereocenters. The maximum absolute atomic E-state index is 8.36. The average molecular weight is 148 g/mol. The smallest absolute Gasteiger partial charge is 0.177 e.